The van der Waals surface area contributed by atoms with E-state index >= 15 is 0 Å². The van der Waals surface area contributed by atoms with E-state index in [4.69, 9.17) is 0 Å². The smallest absolute Gasteiger partial charge is 0.231 e. The predicted molar refractivity (Wildman–Crippen MR) is 74.8 cm³/mol. The summed E-state index contributed by atoms with van der Waals surface area (Å²) in [5, 5.41) is 3.39. The Balaban J connectivity index is 2.07. The van der Waals surface area contributed by atoms with Crippen LogP contribution in [-0.4, -0.2) is 25.5 Å². The number of carbonyl (C=O) groups excluding carboxylic acids is 1. The Kier molecular flexibility index (Phi) is 4.02. The van der Waals surface area contributed by atoms with Crippen LogP contribution in [-0.2, 0) is 4.79 Å². The molecule has 2 atom stereocenters. The number of hydrogen-bond acceptors (Lipinski definition) is 2. The second-order valence-corrected chi connectivity index (χ2v) is 5.27. The molecular weight excluding hydrogens is 224 g/mol. The first kappa shape index (κ1) is 13.1. The number of piperidine rings is 1. The highest BCUT2D eigenvalue weighted by Crippen LogP contribution is 2.22. The lowest BCUT2D eigenvalue weighted by Crippen LogP contribution is -2.44. The Hall–Kier alpha value is -1.35. The molecule has 3 heteroatoms. The van der Waals surface area contributed by atoms with E-state index in [2.05, 4.69) is 12.2 Å². The first-order valence-electron chi connectivity index (χ1n) is 6.66. The van der Waals surface area contributed by atoms with E-state index < -0.39 is 0 Å². The summed E-state index contributed by atoms with van der Waals surface area (Å²) in [6.07, 6.45) is 2.07. The zero-order valence-corrected chi connectivity index (χ0v) is 11.4. The molecule has 1 aromatic carbocycles. The molecule has 0 radical (unpaired) electrons. The van der Waals surface area contributed by atoms with Crippen molar-refractivity contribution in [1.82, 2.24) is 5.32 Å². The van der Waals surface area contributed by atoms with Crippen molar-refractivity contribution in [3.63, 3.8) is 0 Å². The van der Waals surface area contributed by atoms with E-state index in [-0.39, 0.29) is 11.8 Å². The Bertz CT molecular complexity index is 422. The first-order valence-corrected chi connectivity index (χ1v) is 6.66. The topological polar surface area (TPSA) is 32.3 Å². The van der Waals surface area contributed by atoms with Gasteiger partial charge in [0.05, 0.1) is 5.92 Å². The van der Waals surface area contributed by atoms with Crippen LogP contribution in [0.15, 0.2) is 24.3 Å². The molecule has 0 aromatic heterocycles. The van der Waals surface area contributed by atoms with Crippen molar-refractivity contribution in [2.24, 2.45) is 5.92 Å². The molecule has 1 amide bonds. The van der Waals surface area contributed by atoms with Gasteiger partial charge in [0.25, 0.3) is 0 Å². The third-order valence-electron chi connectivity index (χ3n) is 3.82. The second kappa shape index (κ2) is 5.53. The molecule has 1 saturated heterocycles. The largest absolute Gasteiger partial charge is 0.315 e. The van der Waals surface area contributed by atoms with Gasteiger partial charge in [0.15, 0.2) is 0 Å². The molecule has 2 unspecified atom stereocenters. The molecule has 1 heterocycles. The van der Waals surface area contributed by atoms with Crippen molar-refractivity contribution >= 4 is 11.6 Å². The lowest BCUT2D eigenvalue weighted by Gasteiger charge is -2.30. The van der Waals surface area contributed by atoms with Crippen LogP contribution in [0.1, 0.15) is 25.3 Å². The van der Waals surface area contributed by atoms with Gasteiger partial charge in [-0.05, 0) is 38.3 Å². The van der Waals surface area contributed by atoms with Gasteiger partial charge >= 0.3 is 0 Å². The second-order valence-electron chi connectivity index (χ2n) is 5.27. The minimum atomic E-state index is 0.116. The monoisotopic (exact) mass is 246 g/mol. The summed E-state index contributed by atoms with van der Waals surface area (Å²) in [5.41, 5.74) is 2.16. The molecule has 2 rings (SSSR count). The molecule has 98 valence electrons. The molecule has 18 heavy (non-hydrogen) atoms. The molecule has 1 fully saturated rings. The maximum absolute atomic E-state index is 12.4. The lowest BCUT2D eigenvalue weighted by atomic mass is 9.94. The normalized spacial score (nSPS) is 23.7. The van der Waals surface area contributed by atoms with E-state index in [9.17, 15) is 4.79 Å². The number of aryl methyl sites for hydroxylation is 1. The third kappa shape index (κ3) is 2.72. The summed E-state index contributed by atoms with van der Waals surface area (Å²) in [6.45, 7) is 5.02. The van der Waals surface area contributed by atoms with Gasteiger partial charge in [0.2, 0.25) is 5.91 Å². The fourth-order valence-corrected chi connectivity index (χ4v) is 2.54. The van der Waals surface area contributed by atoms with Crippen molar-refractivity contribution in [1.29, 1.82) is 0 Å². The summed E-state index contributed by atoms with van der Waals surface area (Å²) in [6, 6.07) is 8.57. The number of amides is 1. The average Bonchev–Trinajstić information content (AvgIpc) is 2.38. The zero-order chi connectivity index (χ0) is 13.1. The predicted octanol–water partition coefficient (Wildman–Crippen LogP) is 2.35. The highest BCUT2D eigenvalue weighted by molar-refractivity contribution is 5.95. The molecule has 1 aliphatic heterocycles. The molecule has 1 aromatic rings. The van der Waals surface area contributed by atoms with Gasteiger partial charge in [0.1, 0.15) is 0 Å². The third-order valence-corrected chi connectivity index (χ3v) is 3.82. The summed E-state index contributed by atoms with van der Waals surface area (Å²) >= 11 is 0. The Morgan fingerprint density at radius 3 is 2.67 bits per heavy atom. The zero-order valence-electron chi connectivity index (χ0n) is 11.4. The molecule has 0 bridgehead atoms. The quantitative estimate of drug-likeness (QED) is 0.868. The van der Waals surface area contributed by atoms with Crippen LogP contribution in [0.4, 0.5) is 5.69 Å². The van der Waals surface area contributed by atoms with Crippen LogP contribution < -0.4 is 10.2 Å². The minimum absolute atomic E-state index is 0.116. The van der Waals surface area contributed by atoms with Gasteiger partial charge in [-0.25, -0.2) is 0 Å². The maximum Gasteiger partial charge on any atom is 0.231 e. The first-order chi connectivity index (χ1) is 8.59. The number of benzene rings is 1. The van der Waals surface area contributed by atoms with Crippen LogP contribution in [0.3, 0.4) is 0 Å². The Morgan fingerprint density at radius 1 is 1.33 bits per heavy atom. The molecular formula is C15H22N2O. The standard InChI is InChI=1S/C15H22N2O/c1-11-6-4-5-7-14(11)17(3)15(18)13-9-8-12(2)16-10-13/h4-7,12-13,16H,8-10H2,1-3H3. The summed E-state index contributed by atoms with van der Waals surface area (Å²) in [5.74, 6) is 0.342. The van der Waals surface area contributed by atoms with E-state index in [1.165, 1.54) is 0 Å². The van der Waals surface area contributed by atoms with Gasteiger partial charge in [-0.3, -0.25) is 4.79 Å². The fraction of sp³-hybridized carbons (Fsp3) is 0.533. The highest BCUT2D eigenvalue weighted by Gasteiger charge is 2.27. The maximum atomic E-state index is 12.4. The number of rotatable bonds is 2. The number of para-hydroxylation sites is 1. The molecule has 0 spiro atoms. The molecule has 1 N–H and O–H groups in total. The number of hydrogen-bond donors (Lipinski definition) is 1. The SMILES string of the molecule is Cc1ccccc1N(C)C(=O)C1CCC(C)NC1. The van der Waals surface area contributed by atoms with Crippen molar-refractivity contribution in [2.45, 2.75) is 32.7 Å². The van der Waals surface area contributed by atoms with Crippen LogP contribution >= 0.6 is 0 Å². The number of anilines is 1. The van der Waals surface area contributed by atoms with E-state index in [0.717, 1.165) is 30.6 Å². The van der Waals surface area contributed by atoms with Gasteiger partial charge < -0.3 is 10.2 Å². The van der Waals surface area contributed by atoms with Crippen molar-refractivity contribution in [3.05, 3.63) is 29.8 Å². The summed E-state index contributed by atoms with van der Waals surface area (Å²) in [7, 11) is 1.88. The van der Waals surface area contributed by atoms with Gasteiger partial charge in [-0.2, -0.15) is 0 Å². The molecule has 0 saturated carbocycles. The van der Waals surface area contributed by atoms with E-state index in [0.29, 0.717) is 6.04 Å². The van der Waals surface area contributed by atoms with E-state index in [1.807, 2.05) is 38.2 Å². The number of nitrogens with zero attached hydrogens (tertiary/aromatic N) is 1. The summed E-state index contributed by atoms with van der Waals surface area (Å²) in [4.78, 5) is 14.2. The van der Waals surface area contributed by atoms with Gasteiger partial charge in [-0.15, -0.1) is 0 Å². The van der Waals surface area contributed by atoms with Gasteiger partial charge in [-0.1, -0.05) is 18.2 Å². The van der Waals surface area contributed by atoms with Crippen LogP contribution in [0.25, 0.3) is 0 Å². The number of carbonyl (C=O) groups is 1. The minimum Gasteiger partial charge on any atom is -0.315 e. The summed E-state index contributed by atoms with van der Waals surface area (Å²) < 4.78 is 0. The van der Waals surface area contributed by atoms with Crippen LogP contribution in [0.2, 0.25) is 0 Å². The number of nitrogens with one attached hydrogen (secondary N) is 1. The van der Waals surface area contributed by atoms with Crippen molar-refractivity contribution in [2.75, 3.05) is 18.5 Å². The van der Waals surface area contributed by atoms with Crippen LogP contribution in [0, 0.1) is 12.8 Å². The molecule has 1 aliphatic rings. The fourth-order valence-electron chi connectivity index (χ4n) is 2.54. The van der Waals surface area contributed by atoms with Gasteiger partial charge in [0, 0.05) is 25.3 Å². The Labute approximate surface area is 109 Å². The van der Waals surface area contributed by atoms with Crippen LogP contribution in [0.5, 0.6) is 0 Å². The average molecular weight is 246 g/mol. The van der Waals surface area contributed by atoms with E-state index in [1.54, 1.807) is 4.90 Å². The van der Waals surface area contributed by atoms with Crippen molar-refractivity contribution in [3.8, 4) is 0 Å². The molecule has 0 aliphatic carbocycles. The highest BCUT2D eigenvalue weighted by atomic mass is 16.2. The Morgan fingerprint density at radius 2 is 2.06 bits per heavy atom. The molecule has 3 nitrogen and oxygen atoms in total. The lowest BCUT2D eigenvalue weighted by molar-refractivity contribution is -0.122. The van der Waals surface area contributed by atoms with Crippen molar-refractivity contribution < 1.29 is 4.79 Å².